The number of halogens is 1. The number of nitrogens with zero attached hydrogens (tertiary/aromatic N) is 1. The van der Waals surface area contributed by atoms with Crippen LogP contribution in [-0.2, 0) is 4.79 Å². The van der Waals surface area contributed by atoms with Crippen molar-refractivity contribution < 1.29 is 14.8 Å². The SMILES string of the molecule is CCC(CC(=O)O)Nc1cc(Br)ccc1[N+](=O)[O-]. The van der Waals surface area contributed by atoms with E-state index in [1.54, 1.807) is 12.1 Å². The van der Waals surface area contributed by atoms with Crippen LogP contribution in [-0.4, -0.2) is 22.0 Å². The van der Waals surface area contributed by atoms with E-state index in [0.717, 1.165) is 0 Å². The Morgan fingerprint density at radius 3 is 2.78 bits per heavy atom. The van der Waals surface area contributed by atoms with Gasteiger partial charge in [0, 0.05) is 16.6 Å². The zero-order valence-electron chi connectivity index (χ0n) is 9.72. The predicted octanol–water partition coefficient (Wildman–Crippen LogP) is 3.02. The molecule has 1 unspecified atom stereocenters. The van der Waals surface area contributed by atoms with Gasteiger partial charge in [0.25, 0.3) is 5.69 Å². The lowest BCUT2D eigenvalue weighted by Gasteiger charge is -2.16. The highest BCUT2D eigenvalue weighted by Crippen LogP contribution is 2.29. The van der Waals surface area contributed by atoms with Crippen LogP contribution >= 0.6 is 15.9 Å². The second kappa shape index (κ2) is 6.34. The van der Waals surface area contributed by atoms with Crippen LogP contribution in [0.4, 0.5) is 11.4 Å². The molecule has 0 aliphatic carbocycles. The van der Waals surface area contributed by atoms with Gasteiger partial charge in [0.05, 0.1) is 11.3 Å². The summed E-state index contributed by atoms with van der Waals surface area (Å²) in [6, 6.07) is 4.18. The highest BCUT2D eigenvalue weighted by atomic mass is 79.9. The molecule has 1 atom stereocenters. The summed E-state index contributed by atoms with van der Waals surface area (Å²) in [7, 11) is 0. The lowest BCUT2D eigenvalue weighted by molar-refractivity contribution is -0.384. The van der Waals surface area contributed by atoms with Crippen LogP contribution in [0.25, 0.3) is 0 Å². The quantitative estimate of drug-likeness (QED) is 0.621. The van der Waals surface area contributed by atoms with Crippen molar-refractivity contribution in [3.05, 3.63) is 32.8 Å². The summed E-state index contributed by atoms with van der Waals surface area (Å²) in [6.45, 7) is 1.82. The maximum absolute atomic E-state index is 10.9. The minimum absolute atomic E-state index is 0.0676. The topological polar surface area (TPSA) is 92.5 Å². The third-order valence-corrected chi connectivity index (χ3v) is 2.92. The molecule has 6 nitrogen and oxygen atoms in total. The molecule has 0 spiro atoms. The molecular weight excluding hydrogens is 304 g/mol. The molecule has 0 heterocycles. The summed E-state index contributed by atoms with van der Waals surface area (Å²) in [4.78, 5) is 21.0. The maximum atomic E-state index is 10.9. The first-order valence-electron chi connectivity index (χ1n) is 5.36. The number of nitro groups is 1. The summed E-state index contributed by atoms with van der Waals surface area (Å²) in [5.74, 6) is -0.938. The van der Waals surface area contributed by atoms with Crippen molar-refractivity contribution in [1.29, 1.82) is 0 Å². The van der Waals surface area contributed by atoms with Crippen LogP contribution < -0.4 is 5.32 Å². The van der Waals surface area contributed by atoms with Crippen LogP contribution in [0.15, 0.2) is 22.7 Å². The van der Waals surface area contributed by atoms with Crippen molar-refractivity contribution in [1.82, 2.24) is 0 Å². The first-order chi connectivity index (χ1) is 8.43. The van der Waals surface area contributed by atoms with Gasteiger partial charge >= 0.3 is 5.97 Å². The van der Waals surface area contributed by atoms with Gasteiger partial charge < -0.3 is 10.4 Å². The van der Waals surface area contributed by atoms with Gasteiger partial charge in [-0.15, -0.1) is 0 Å². The molecule has 0 aliphatic rings. The Balaban J connectivity index is 2.96. The lowest BCUT2D eigenvalue weighted by atomic mass is 10.1. The molecule has 0 saturated carbocycles. The van der Waals surface area contributed by atoms with Gasteiger partial charge in [-0.25, -0.2) is 0 Å². The summed E-state index contributed by atoms with van der Waals surface area (Å²) in [6.07, 6.45) is 0.482. The average molecular weight is 317 g/mol. The van der Waals surface area contributed by atoms with E-state index in [1.807, 2.05) is 6.92 Å². The van der Waals surface area contributed by atoms with Gasteiger partial charge in [-0.1, -0.05) is 22.9 Å². The van der Waals surface area contributed by atoms with E-state index in [4.69, 9.17) is 5.11 Å². The van der Waals surface area contributed by atoms with Gasteiger partial charge in [-0.3, -0.25) is 14.9 Å². The third-order valence-electron chi connectivity index (χ3n) is 2.43. The molecule has 98 valence electrons. The van der Waals surface area contributed by atoms with E-state index >= 15 is 0 Å². The van der Waals surface area contributed by atoms with Crippen molar-refractivity contribution in [2.45, 2.75) is 25.8 Å². The Labute approximate surface area is 112 Å². The first-order valence-corrected chi connectivity index (χ1v) is 6.15. The van der Waals surface area contributed by atoms with Gasteiger partial charge in [0.1, 0.15) is 5.69 Å². The zero-order chi connectivity index (χ0) is 13.7. The molecular formula is C11H13BrN2O4. The highest BCUT2D eigenvalue weighted by molar-refractivity contribution is 9.10. The fraction of sp³-hybridized carbons (Fsp3) is 0.364. The first kappa shape index (κ1) is 14.4. The molecule has 0 saturated heterocycles. The molecule has 0 amide bonds. The van der Waals surface area contributed by atoms with Crippen molar-refractivity contribution >= 4 is 33.3 Å². The van der Waals surface area contributed by atoms with E-state index in [9.17, 15) is 14.9 Å². The van der Waals surface area contributed by atoms with Crippen LogP contribution in [0.2, 0.25) is 0 Å². The molecule has 1 rings (SSSR count). The lowest BCUT2D eigenvalue weighted by Crippen LogP contribution is -2.22. The number of hydrogen-bond donors (Lipinski definition) is 2. The summed E-state index contributed by atoms with van der Waals surface area (Å²) in [5, 5.41) is 22.5. The van der Waals surface area contributed by atoms with E-state index in [2.05, 4.69) is 21.2 Å². The third kappa shape index (κ3) is 3.99. The number of nitrogens with one attached hydrogen (secondary N) is 1. The number of carboxylic acids is 1. The highest BCUT2D eigenvalue weighted by Gasteiger charge is 2.18. The number of anilines is 1. The Bertz CT molecular complexity index is 464. The average Bonchev–Trinajstić information content (AvgIpc) is 2.27. The largest absolute Gasteiger partial charge is 0.481 e. The minimum Gasteiger partial charge on any atom is -0.481 e. The number of aliphatic carboxylic acids is 1. The number of benzene rings is 1. The van der Waals surface area contributed by atoms with Gasteiger partial charge in [0.15, 0.2) is 0 Å². The Kier molecular flexibility index (Phi) is 5.08. The van der Waals surface area contributed by atoms with Crippen molar-refractivity contribution in [3.8, 4) is 0 Å². The molecule has 0 radical (unpaired) electrons. The van der Waals surface area contributed by atoms with Crippen LogP contribution in [0.3, 0.4) is 0 Å². The van der Waals surface area contributed by atoms with Crippen molar-refractivity contribution in [2.75, 3.05) is 5.32 Å². The molecule has 0 bridgehead atoms. The van der Waals surface area contributed by atoms with Gasteiger partial charge in [-0.05, 0) is 18.6 Å². The number of carboxylic acid groups (broad SMARTS) is 1. The molecule has 1 aromatic carbocycles. The van der Waals surface area contributed by atoms with Gasteiger partial charge in [-0.2, -0.15) is 0 Å². The number of carbonyl (C=O) groups is 1. The van der Waals surface area contributed by atoms with Crippen LogP contribution in [0.5, 0.6) is 0 Å². The smallest absolute Gasteiger partial charge is 0.305 e. The van der Waals surface area contributed by atoms with Crippen molar-refractivity contribution in [3.63, 3.8) is 0 Å². The maximum Gasteiger partial charge on any atom is 0.305 e. The summed E-state index contributed by atoms with van der Waals surface area (Å²) in [5.41, 5.74) is 0.254. The Morgan fingerprint density at radius 1 is 1.61 bits per heavy atom. The zero-order valence-corrected chi connectivity index (χ0v) is 11.3. The minimum atomic E-state index is -0.938. The fourth-order valence-electron chi connectivity index (χ4n) is 1.51. The normalized spacial score (nSPS) is 11.9. The van der Waals surface area contributed by atoms with E-state index in [0.29, 0.717) is 16.6 Å². The van der Waals surface area contributed by atoms with E-state index < -0.39 is 10.9 Å². The predicted molar refractivity (Wildman–Crippen MR) is 70.8 cm³/mol. The molecule has 7 heteroatoms. The van der Waals surface area contributed by atoms with Crippen molar-refractivity contribution in [2.24, 2.45) is 0 Å². The van der Waals surface area contributed by atoms with Crippen LogP contribution in [0.1, 0.15) is 19.8 Å². The second-order valence-corrected chi connectivity index (χ2v) is 4.68. The monoisotopic (exact) mass is 316 g/mol. The second-order valence-electron chi connectivity index (χ2n) is 3.77. The molecule has 1 aromatic rings. The standard InChI is InChI=1S/C11H13BrN2O4/c1-2-8(6-11(15)16)13-9-5-7(12)3-4-10(9)14(17)18/h3-5,8,13H,2,6H2,1H3,(H,15,16). The molecule has 0 fully saturated rings. The number of nitro benzene ring substituents is 1. The summed E-state index contributed by atoms with van der Waals surface area (Å²) >= 11 is 3.23. The van der Waals surface area contributed by atoms with Crippen LogP contribution in [0, 0.1) is 10.1 Å². The van der Waals surface area contributed by atoms with E-state index in [1.165, 1.54) is 6.07 Å². The molecule has 18 heavy (non-hydrogen) atoms. The Morgan fingerprint density at radius 2 is 2.28 bits per heavy atom. The number of rotatable bonds is 6. The molecule has 0 aliphatic heterocycles. The van der Waals surface area contributed by atoms with Gasteiger partial charge in [0.2, 0.25) is 0 Å². The Hall–Kier alpha value is -1.63. The molecule has 0 aromatic heterocycles. The number of hydrogen-bond acceptors (Lipinski definition) is 4. The molecule has 2 N–H and O–H groups in total. The fourth-order valence-corrected chi connectivity index (χ4v) is 1.87. The summed E-state index contributed by atoms with van der Waals surface area (Å²) < 4.78 is 0.695. The van der Waals surface area contributed by atoms with E-state index in [-0.39, 0.29) is 18.2 Å².